The van der Waals surface area contributed by atoms with E-state index in [9.17, 15) is 14.7 Å². The van der Waals surface area contributed by atoms with Gasteiger partial charge in [0.1, 0.15) is 11.9 Å². The van der Waals surface area contributed by atoms with Gasteiger partial charge in [0.25, 0.3) is 5.91 Å². The second-order valence-electron chi connectivity index (χ2n) is 4.35. The van der Waals surface area contributed by atoms with Crippen LogP contribution in [-0.2, 0) is 4.79 Å². The molecule has 0 aromatic carbocycles. The molecule has 2 heterocycles. The number of amides is 2. The molecule has 0 aliphatic heterocycles. The Balaban J connectivity index is 1.63. The van der Waals surface area contributed by atoms with E-state index >= 15 is 0 Å². The Hall–Kier alpha value is -2.12. The summed E-state index contributed by atoms with van der Waals surface area (Å²) in [6, 6.07) is 5.03. The third-order valence-corrected chi connectivity index (χ3v) is 3.47. The van der Waals surface area contributed by atoms with E-state index in [0.717, 1.165) is 0 Å². The van der Waals surface area contributed by atoms with Gasteiger partial charge < -0.3 is 20.2 Å². The first-order valence-corrected chi connectivity index (χ1v) is 7.39. The maximum absolute atomic E-state index is 11.6. The van der Waals surface area contributed by atoms with Gasteiger partial charge in [-0.05, 0) is 23.6 Å². The molecule has 1 atom stereocenters. The summed E-state index contributed by atoms with van der Waals surface area (Å²) in [5.41, 5.74) is 0.591. The van der Waals surface area contributed by atoms with Crippen molar-refractivity contribution in [2.24, 2.45) is 0 Å². The Morgan fingerprint density at radius 3 is 2.86 bits per heavy atom. The van der Waals surface area contributed by atoms with Crippen molar-refractivity contribution < 1.29 is 19.1 Å². The highest BCUT2D eigenvalue weighted by molar-refractivity contribution is 7.08. The van der Waals surface area contributed by atoms with E-state index < -0.39 is 6.10 Å². The van der Waals surface area contributed by atoms with Gasteiger partial charge in [-0.1, -0.05) is 0 Å². The summed E-state index contributed by atoms with van der Waals surface area (Å²) < 4.78 is 5.02. The van der Waals surface area contributed by atoms with Crippen molar-refractivity contribution in [3.05, 3.63) is 46.5 Å². The molecule has 3 N–H and O–H groups in total. The molecule has 2 amide bonds. The number of hydrogen-bond acceptors (Lipinski definition) is 5. The fraction of sp³-hybridized carbons (Fsp3) is 0.286. The van der Waals surface area contributed by atoms with Crippen LogP contribution in [0.15, 0.2) is 39.6 Å². The molecule has 6 nitrogen and oxygen atoms in total. The second-order valence-corrected chi connectivity index (χ2v) is 5.13. The zero-order valence-electron chi connectivity index (χ0n) is 11.2. The Kier molecular flexibility index (Phi) is 5.53. The monoisotopic (exact) mass is 308 g/mol. The van der Waals surface area contributed by atoms with Crippen LogP contribution in [0.3, 0.4) is 0 Å². The minimum Gasteiger partial charge on any atom is -0.467 e. The van der Waals surface area contributed by atoms with E-state index in [1.807, 2.05) is 5.38 Å². The molecule has 7 heteroatoms. The van der Waals surface area contributed by atoms with Crippen LogP contribution in [0.4, 0.5) is 0 Å². The average molecular weight is 308 g/mol. The number of hydrogen-bond donors (Lipinski definition) is 3. The topological polar surface area (TPSA) is 91.6 Å². The van der Waals surface area contributed by atoms with Crippen LogP contribution in [0.25, 0.3) is 0 Å². The van der Waals surface area contributed by atoms with Crippen molar-refractivity contribution in [3.8, 4) is 0 Å². The van der Waals surface area contributed by atoms with Gasteiger partial charge in [0.2, 0.25) is 5.91 Å². The molecule has 0 aliphatic rings. The molecule has 0 saturated carbocycles. The van der Waals surface area contributed by atoms with Crippen LogP contribution in [0.2, 0.25) is 0 Å². The van der Waals surface area contributed by atoms with Crippen molar-refractivity contribution in [3.63, 3.8) is 0 Å². The predicted octanol–water partition coefficient (Wildman–Crippen LogP) is 1.31. The van der Waals surface area contributed by atoms with E-state index in [2.05, 4.69) is 10.6 Å². The molecular formula is C14H16N2O4S. The summed E-state index contributed by atoms with van der Waals surface area (Å²) in [7, 11) is 0. The van der Waals surface area contributed by atoms with E-state index in [-0.39, 0.29) is 31.3 Å². The van der Waals surface area contributed by atoms with Crippen molar-refractivity contribution in [2.75, 3.05) is 13.1 Å². The quantitative estimate of drug-likeness (QED) is 0.719. The average Bonchev–Trinajstić information content (AvgIpc) is 3.16. The van der Waals surface area contributed by atoms with Gasteiger partial charge in [-0.2, -0.15) is 11.3 Å². The standard InChI is InChI=1S/C14H16N2O4S/c17-11(12-2-1-6-20-12)8-16-13(18)3-5-15-14(19)10-4-7-21-9-10/h1-2,4,6-7,9,11,17H,3,5,8H2,(H,15,19)(H,16,18). The molecule has 2 rings (SSSR count). The highest BCUT2D eigenvalue weighted by Crippen LogP contribution is 2.11. The maximum Gasteiger partial charge on any atom is 0.252 e. The summed E-state index contributed by atoms with van der Waals surface area (Å²) in [5.74, 6) is -0.0352. The summed E-state index contributed by atoms with van der Waals surface area (Å²) in [4.78, 5) is 23.2. The SMILES string of the molecule is O=C(CCNC(=O)c1ccsc1)NCC(O)c1ccco1. The lowest BCUT2D eigenvalue weighted by atomic mass is 10.2. The van der Waals surface area contributed by atoms with Gasteiger partial charge in [0, 0.05) is 23.9 Å². The number of nitrogens with one attached hydrogen (secondary N) is 2. The lowest BCUT2D eigenvalue weighted by Gasteiger charge is -2.09. The number of furan rings is 1. The molecule has 2 aromatic heterocycles. The Morgan fingerprint density at radius 1 is 1.33 bits per heavy atom. The summed E-state index contributed by atoms with van der Waals surface area (Å²) in [6.07, 6.45) is 0.741. The normalized spacial score (nSPS) is 11.9. The Morgan fingerprint density at radius 2 is 2.19 bits per heavy atom. The summed E-state index contributed by atoms with van der Waals surface area (Å²) in [6.45, 7) is 0.322. The number of thiophene rings is 1. The minimum absolute atomic E-state index is 0.0742. The van der Waals surface area contributed by atoms with Crippen molar-refractivity contribution >= 4 is 23.2 Å². The Bertz CT molecular complexity index is 566. The number of carbonyl (C=O) groups is 2. The van der Waals surface area contributed by atoms with Gasteiger partial charge in [-0.25, -0.2) is 0 Å². The largest absolute Gasteiger partial charge is 0.467 e. The molecule has 0 aliphatic carbocycles. The fourth-order valence-electron chi connectivity index (χ4n) is 1.67. The number of aliphatic hydroxyl groups is 1. The van der Waals surface area contributed by atoms with Gasteiger partial charge in [-0.3, -0.25) is 9.59 Å². The molecule has 112 valence electrons. The molecule has 0 spiro atoms. The third kappa shape index (κ3) is 4.73. The lowest BCUT2D eigenvalue weighted by molar-refractivity contribution is -0.121. The minimum atomic E-state index is -0.871. The predicted molar refractivity (Wildman–Crippen MR) is 77.9 cm³/mol. The number of aliphatic hydroxyl groups excluding tert-OH is 1. The maximum atomic E-state index is 11.6. The van der Waals surface area contributed by atoms with Crippen LogP contribution in [0.5, 0.6) is 0 Å². The first kappa shape index (κ1) is 15.3. The summed E-state index contributed by atoms with van der Waals surface area (Å²) in [5, 5.41) is 18.5. The smallest absolute Gasteiger partial charge is 0.252 e. The van der Waals surface area contributed by atoms with E-state index in [1.165, 1.54) is 17.6 Å². The number of rotatable bonds is 7. The number of carbonyl (C=O) groups excluding carboxylic acids is 2. The molecule has 0 bridgehead atoms. The first-order valence-electron chi connectivity index (χ1n) is 6.45. The highest BCUT2D eigenvalue weighted by atomic mass is 32.1. The summed E-state index contributed by atoms with van der Waals surface area (Å²) >= 11 is 1.44. The second kappa shape index (κ2) is 7.61. The molecule has 2 aromatic rings. The van der Waals surface area contributed by atoms with Crippen LogP contribution in [-0.4, -0.2) is 30.0 Å². The van der Waals surface area contributed by atoms with Crippen molar-refractivity contribution in [1.29, 1.82) is 0 Å². The van der Waals surface area contributed by atoms with Gasteiger partial charge in [-0.15, -0.1) is 0 Å². The van der Waals surface area contributed by atoms with E-state index in [4.69, 9.17) is 4.42 Å². The van der Waals surface area contributed by atoms with Crippen LogP contribution in [0, 0.1) is 0 Å². The van der Waals surface area contributed by atoms with Crippen LogP contribution < -0.4 is 10.6 Å². The van der Waals surface area contributed by atoms with Crippen LogP contribution >= 0.6 is 11.3 Å². The third-order valence-electron chi connectivity index (χ3n) is 2.79. The first-order chi connectivity index (χ1) is 10.2. The molecular weight excluding hydrogens is 292 g/mol. The fourth-order valence-corrected chi connectivity index (χ4v) is 2.30. The molecule has 0 fully saturated rings. The van der Waals surface area contributed by atoms with Crippen molar-refractivity contribution in [2.45, 2.75) is 12.5 Å². The molecule has 1 unspecified atom stereocenters. The zero-order valence-corrected chi connectivity index (χ0v) is 12.1. The molecule has 0 radical (unpaired) electrons. The lowest BCUT2D eigenvalue weighted by Crippen LogP contribution is -2.32. The van der Waals surface area contributed by atoms with E-state index in [0.29, 0.717) is 11.3 Å². The van der Waals surface area contributed by atoms with Crippen LogP contribution in [0.1, 0.15) is 28.6 Å². The van der Waals surface area contributed by atoms with Gasteiger partial charge >= 0.3 is 0 Å². The Labute approximate surface area is 125 Å². The zero-order chi connectivity index (χ0) is 15.1. The van der Waals surface area contributed by atoms with Gasteiger partial charge in [0.15, 0.2) is 0 Å². The van der Waals surface area contributed by atoms with Crippen molar-refractivity contribution in [1.82, 2.24) is 10.6 Å². The highest BCUT2D eigenvalue weighted by Gasteiger charge is 2.12. The molecule has 21 heavy (non-hydrogen) atoms. The van der Waals surface area contributed by atoms with Gasteiger partial charge in [0.05, 0.1) is 12.8 Å². The van der Waals surface area contributed by atoms with E-state index in [1.54, 1.807) is 23.6 Å². The molecule has 0 saturated heterocycles.